The molecule has 7 heteroatoms. The standard InChI is InChI=1S/C17H16Cl2N2O3/c1-2-24-17(23)13(8-11-6-4-3-5-7-11)20-16(22)12-9-14(18)21-15(19)10-12/h3-7,9-10,13H,2,8H2,1H3,(H,20,22)/t13-/m0/s1. The van der Waals surface area contributed by atoms with Crippen LogP contribution < -0.4 is 5.32 Å². The number of aromatic nitrogens is 1. The predicted molar refractivity (Wildman–Crippen MR) is 92.3 cm³/mol. The predicted octanol–water partition coefficient (Wildman–Crippen LogP) is 3.29. The normalized spacial score (nSPS) is 11.6. The number of nitrogens with one attached hydrogen (secondary N) is 1. The minimum atomic E-state index is -0.814. The lowest BCUT2D eigenvalue weighted by molar-refractivity contribution is -0.145. The van der Waals surface area contributed by atoms with Crippen molar-refractivity contribution in [3.63, 3.8) is 0 Å². The Hall–Kier alpha value is -2.11. The minimum absolute atomic E-state index is 0.100. The Morgan fingerprint density at radius 1 is 1.17 bits per heavy atom. The summed E-state index contributed by atoms with van der Waals surface area (Å²) in [5, 5.41) is 2.86. The Bertz CT molecular complexity index is 703. The molecule has 0 spiro atoms. The summed E-state index contributed by atoms with van der Waals surface area (Å²) in [5.74, 6) is -0.976. The van der Waals surface area contributed by atoms with Crippen LogP contribution in [0.2, 0.25) is 10.3 Å². The average Bonchev–Trinajstić information content (AvgIpc) is 2.54. The number of nitrogens with zero attached hydrogens (tertiary/aromatic N) is 1. The summed E-state index contributed by atoms with van der Waals surface area (Å²) >= 11 is 11.6. The van der Waals surface area contributed by atoms with Crippen molar-refractivity contribution in [2.75, 3.05) is 6.61 Å². The first-order valence-electron chi connectivity index (χ1n) is 7.34. The summed E-state index contributed by atoms with van der Waals surface area (Å²) in [5.41, 5.74) is 1.13. The summed E-state index contributed by atoms with van der Waals surface area (Å²) in [6.07, 6.45) is 0.317. The van der Waals surface area contributed by atoms with Crippen LogP contribution in [0.3, 0.4) is 0 Å². The molecule has 0 bridgehead atoms. The third-order valence-electron chi connectivity index (χ3n) is 3.18. The molecule has 0 aliphatic heterocycles. The van der Waals surface area contributed by atoms with Crippen LogP contribution in [0.4, 0.5) is 0 Å². The Labute approximate surface area is 149 Å². The van der Waals surface area contributed by atoms with Crippen LogP contribution in [0.15, 0.2) is 42.5 Å². The van der Waals surface area contributed by atoms with E-state index < -0.39 is 17.9 Å². The lowest BCUT2D eigenvalue weighted by atomic mass is 10.1. The van der Waals surface area contributed by atoms with Crippen molar-refractivity contribution in [3.8, 4) is 0 Å². The number of carbonyl (C=O) groups excluding carboxylic acids is 2. The van der Waals surface area contributed by atoms with E-state index in [1.165, 1.54) is 12.1 Å². The Morgan fingerprint density at radius 2 is 1.79 bits per heavy atom. The Morgan fingerprint density at radius 3 is 2.38 bits per heavy atom. The maximum absolute atomic E-state index is 12.4. The number of esters is 1. The molecule has 0 aliphatic carbocycles. The van der Waals surface area contributed by atoms with Gasteiger partial charge in [-0.15, -0.1) is 0 Å². The van der Waals surface area contributed by atoms with E-state index in [1.807, 2.05) is 30.3 Å². The molecule has 2 aromatic rings. The van der Waals surface area contributed by atoms with Crippen LogP contribution in [-0.4, -0.2) is 29.5 Å². The van der Waals surface area contributed by atoms with Crippen LogP contribution in [0.25, 0.3) is 0 Å². The maximum Gasteiger partial charge on any atom is 0.328 e. The molecule has 5 nitrogen and oxygen atoms in total. The monoisotopic (exact) mass is 366 g/mol. The van der Waals surface area contributed by atoms with Gasteiger partial charge < -0.3 is 10.1 Å². The summed E-state index contributed by atoms with van der Waals surface area (Å²) in [4.78, 5) is 28.3. The largest absolute Gasteiger partial charge is 0.464 e. The molecule has 0 unspecified atom stereocenters. The van der Waals surface area contributed by atoms with E-state index in [4.69, 9.17) is 27.9 Å². The van der Waals surface area contributed by atoms with Crippen molar-refractivity contribution in [1.82, 2.24) is 10.3 Å². The van der Waals surface area contributed by atoms with Gasteiger partial charge in [-0.2, -0.15) is 0 Å². The zero-order valence-electron chi connectivity index (χ0n) is 13.0. The molecule has 126 valence electrons. The minimum Gasteiger partial charge on any atom is -0.464 e. The third-order valence-corrected chi connectivity index (χ3v) is 3.57. The number of hydrogen-bond donors (Lipinski definition) is 1. The lowest BCUT2D eigenvalue weighted by Gasteiger charge is -2.17. The molecule has 0 radical (unpaired) electrons. The molecule has 2 rings (SSSR count). The first kappa shape index (κ1) is 18.2. The number of hydrogen-bond acceptors (Lipinski definition) is 4. The molecule has 1 aromatic heterocycles. The molecule has 0 fully saturated rings. The maximum atomic E-state index is 12.4. The van der Waals surface area contributed by atoms with Gasteiger partial charge in [0.2, 0.25) is 0 Å². The highest BCUT2D eigenvalue weighted by molar-refractivity contribution is 6.33. The highest BCUT2D eigenvalue weighted by Crippen LogP contribution is 2.15. The topological polar surface area (TPSA) is 68.3 Å². The summed E-state index contributed by atoms with van der Waals surface area (Å²) in [6, 6.07) is 11.3. The zero-order chi connectivity index (χ0) is 17.5. The number of pyridine rings is 1. The second kappa shape index (κ2) is 8.66. The number of carbonyl (C=O) groups is 2. The molecule has 1 aromatic carbocycles. The number of amides is 1. The number of rotatable bonds is 6. The van der Waals surface area contributed by atoms with Crippen LogP contribution >= 0.6 is 23.2 Å². The van der Waals surface area contributed by atoms with Crippen molar-refractivity contribution < 1.29 is 14.3 Å². The average molecular weight is 367 g/mol. The SMILES string of the molecule is CCOC(=O)[C@H](Cc1ccccc1)NC(=O)c1cc(Cl)nc(Cl)c1. The Balaban J connectivity index is 2.17. The van der Waals surface area contributed by atoms with E-state index in [0.29, 0.717) is 6.42 Å². The Kier molecular flexibility index (Phi) is 6.58. The first-order valence-corrected chi connectivity index (χ1v) is 8.09. The zero-order valence-corrected chi connectivity index (χ0v) is 14.5. The summed E-state index contributed by atoms with van der Waals surface area (Å²) in [7, 11) is 0. The van der Waals surface area contributed by atoms with Gasteiger partial charge in [-0.1, -0.05) is 53.5 Å². The van der Waals surface area contributed by atoms with Crippen molar-refractivity contribution in [2.24, 2.45) is 0 Å². The van der Waals surface area contributed by atoms with Gasteiger partial charge in [-0.05, 0) is 24.6 Å². The highest BCUT2D eigenvalue weighted by atomic mass is 35.5. The molecule has 1 heterocycles. The number of benzene rings is 1. The van der Waals surface area contributed by atoms with E-state index in [0.717, 1.165) is 5.56 Å². The molecular formula is C17H16Cl2N2O3. The highest BCUT2D eigenvalue weighted by Gasteiger charge is 2.23. The molecule has 0 saturated carbocycles. The van der Waals surface area contributed by atoms with Gasteiger partial charge in [-0.25, -0.2) is 9.78 Å². The van der Waals surface area contributed by atoms with E-state index in [9.17, 15) is 9.59 Å². The molecule has 1 amide bonds. The van der Waals surface area contributed by atoms with Crippen molar-refractivity contribution in [2.45, 2.75) is 19.4 Å². The first-order chi connectivity index (χ1) is 11.5. The van der Waals surface area contributed by atoms with Crippen molar-refractivity contribution >= 4 is 35.1 Å². The molecule has 1 atom stereocenters. The number of halogens is 2. The van der Waals surface area contributed by atoms with Gasteiger partial charge in [0.05, 0.1) is 6.61 Å². The van der Waals surface area contributed by atoms with Gasteiger partial charge in [0.1, 0.15) is 16.3 Å². The molecule has 0 aliphatic rings. The van der Waals surface area contributed by atoms with Crippen LogP contribution in [0.1, 0.15) is 22.8 Å². The lowest BCUT2D eigenvalue weighted by Crippen LogP contribution is -2.43. The quantitative estimate of drug-likeness (QED) is 0.629. The molecular weight excluding hydrogens is 351 g/mol. The van der Waals surface area contributed by atoms with Gasteiger partial charge in [0, 0.05) is 12.0 Å². The number of ether oxygens (including phenoxy) is 1. The molecule has 0 saturated heterocycles. The smallest absolute Gasteiger partial charge is 0.328 e. The van der Waals surface area contributed by atoms with Crippen molar-refractivity contribution in [3.05, 3.63) is 63.9 Å². The van der Waals surface area contributed by atoms with Crippen LogP contribution in [0.5, 0.6) is 0 Å². The summed E-state index contributed by atoms with van der Waals surface area (Å²) in [6.45, 7) is 1.94. The summed E-state index contributed by atoms with van der Waals surface area (Å²) < 4.78 is 5.04. The van der Waals surface area contributed by atoms with E-state index in [-0.39, 0.29) is 22.5 Å². The second-order valence-electron chi connectivity index (χ2n) is 4.97. The van der Waals surface area contributed by atoms with E-state index in [2.05, 4.69) is 10.3 Å². The van der Waals surface area contributed by atoms with E-state index in [1.54, 1.807) is 6.92 Å². The second-order valence-corrected chi connectivity index (χ2v) is 5.74. The third kappa shape index (κ3) is 5.22. The van der Waals surface area contributed by atoms with Gasteiger partial charge in [-0.3, -0.25) is 4.79 Å². The van der Waals surface area contributed by atoms with Gasteiger partial charge in [0.25, 0.3) is 5.91 Å². The fourth-order valence-electron chi connectivity index (χ4n) is 2.12. The van der Waals surface area contributed by atoms with Gasteiger partial charge in [0.15, 0.2) is 0 Å². The fourth-order valence-corrected chi connectivity index (χ4v) is 2.58. The molecule has 1 N–H and O–H groups in total. The van der Waals surface area contributed by atoms with Gasteiger partial charge >= 0.3 is 5.97 Å². The van der Waals surface area contributed by atoms with Crippen LogP contribution in [-0.2, 0) is 16.0 Å². The van der Waals surface area contributed by atoms with Crippen LogP contribution in [0, 0.1) is 0 Å². The fraction of sp³-hybridized carbons (Fsp3) is 0.235. The molecule has 24 heavy (non-hydrogen) atoms. The van der Waals surface area contributed by atoms with E-state index >= 15 is 0 Å². The van der Waals surface area contributed by atoms with Crippen molar-refractivity contribution in [1.29, 1.82) is 0 Å².